The Bertz CT molecular complexity index is 739. The molecule has 2 aromatic carbocycles. The number of aliphatic hydroxyl groups is 1. The fraction of sp³-hybridized carbons (Fsp3) is 0.200. The van der Waals surface area contributed by atoms with Crippen molar-refractivity contribution in [1.29, 1.82) is 0 Å². The van der Waals surface area contributed by atoms with E-state index in [9.17, 15) is 0 Å². The number of aryl methyl sites for hydroxylation is 1. The van der Waals surface area contributed by atoms with E-state index in [0.29, 0.717) is 6.42 Å². The minimum Gasteiger partial charge on any atom is -0.396 e. The van der Waals surface area contributed by atoms with Crippen molar-refractivity contribution in [2.24, 2.45) is 0 Å². The zero-order chi connectivity index (χ0) is 13.9. The highest BCUT2D eigenvalue weighted by atomic mass is 79.9. The normalized spacial score (nSPS) is 11.1. The maximum atomic E-state index is 8.86. The Kier molecular flexibility index (Phi) is 3.80. The lowest BCUT2D eigenvalue weighted by Gasteiger charge is -2.07. The number of halogens is 1. The van der Waals surface area contributed by atoms with E-state index in [1.165, 1.54) is 0 Å². The van der Waals surface area contributed by atoms with E-state index < -0.39 is 0 Å². The van der Waals surface area contributed by atoms with Crippen molar-refractivity contribution in [1.82, 2.24) is 15.0 Å². The van der Waals surface area contributed by atoms with Crippen molar-refractivity contribution >= 4 is 26.7 Å². The van der Waals surface area contributed by atoms with Gasteiger partial charge in [-0.2, -0.15) is 0 Å². The van der Waals surface area contributed by atoms with Crippen LogP contribution in [-0.4, -0.2) is 26.7 Å². The van der Waals surface area contributed by atoms with E-state index in [1.807, 2.05) is 30.5 Å². The summed E-state index contributed by atoms with van der Waals surface area (Å²) in [6.07, 6.45) is 3.37. The molecule has 0 aliphatic heterocycles. The van der Waals surface area contributed by atoms with Gasteiger partial charge in [-0.15, -0.1) is 5.10 Å². The van der Waals surface area contributed by atoms with Gasteiger partial charge in [0.25, 0.3) is 0 Å². The van der Waals surface area contributed by atoms with Crippen LogP contribution in [0.1, 0.15) is 12.1 Å². The average molecular weight is 332 g/mol. The Hall–Kier alpha value is -1.72. The van der Waals surface area contributed by atoms with Crippen molar-refractivity contribution in [2.45, 2.75) is 12.8 Å². The van der Waals surface area contributed by atoms with Crippen LogP contribution in [0, 0.1) is 0 Å². The number of benzene rings is 2. The van der Waals surface area contributed by atoms with Gasteiger partial charge in [0.05, 0.1) is 17.6 Å². The van der Waals surface area contributed by atoms with Gasteiger partial charge in [-0.1, -0.05) is 45.4 Å². The summed E-state index contributed by atoms with van der Waals surface area (Å²) >= 11 is 3.57. The number of fused-ring (bicyclic) bond motifs is 1. The summed E-state index contributed by atoms with van der Waals surface area (Å²) in [5.41, 5.74) is 1.90. The van der Waals surface area contributed by atoms with Gasteiger partial charge < -0.3 is 5.11 Å². The van der Waals surface area contributed by atoms with E-state index in [0.717, 1.165) is 33.0 Å². The smallest absolute Gasteiger partial charge is 0.0832 e. The van der Waals surface area contributed by atoms with E-state index >= 15 is 0 Å². The predicted molar refractivity (Wildman–Crippen MR) is 82.0 cm³/mol. The molecule has 0 aliphatic carbocycles. The topological polar surface area (TPSA) is 50.9 Å². The number of hydrogen-bond donors (Lipinski definition) is 1. The molecule has 20 heavy (non-hydrogen) atoms. The van der Waals surface area contributed by atoms with Crippen molar-refractivity contribution in [3.05, 3.63) is 52.8 Å². The van der Waals surface area contributed by atoms with Crippen molar-refractivity contribution in [2.75, 3.05) is 6.61 Å². The summed E-state index contributed by atoms with van der Waals surface area (Å²) in [4.78, 5) is 0. The number of rotatable bonds is 4. The van der Waals surface area contributed by atoms with Crippen molar-refractivity contribution in [3.8, 4) is 5.69 Å². The first-order valence-electron chi connectivity index (χ1n) is 6.49. The summed E-state index contributed by atoms with van der Waals surface area (Å²) in [5.74, 6) is 0. The third-order valence-electron chi connectivity index (χ3n) is 3.23. The van der Waals surface area contributed by atoms with Crippen LogP contribution in [0.3, 0.4) is 0 Å². The molecule has 0 aliphatic rings. The first-order valence-corrected chi connectivity index (χ1v) is 7.28. The van der Waals surface area contributed by atoms with Crippen LogP contribution in [0.5, 0.6) is 0 Å². The Balaban J connectivity index is 2.06. The quantitative estimate of drug-likeness (QED) is 0.799. The fourth-order valence-corrected chi connectivity index (χ4v) is 2.71. The molecule has 0 bridgehead atoms. The molecule has 0 radical (unpaired) electrons. The van der Waals surface area contributed by atoms with Gasteiger partial charge >= 0.3 is 0 Å². The highest BCUT2D eigenvalue weighted by Crippen LogP contribution is 2.28. The summed E-state index contributed by atoms with van der Waals surface area (Å²) in [6.45, 7) is 0.175. The average Bonchev–Trinajstić information content (AvgIpc) is 2.94. The summed E-state index contributed by atoms with van der Waals surface area (Å²) in [5, 5.41) is 19.5. The van der Waals surface area contributed by atoms with Gasteiger partial charge in [-0.05, 0) is 30.4 Å². The Morgan fingerprint density at radius 1 is 1.10 bits per heavy atom. The fourth-order valence-electron chi connectivity index (χ4n) is 2.24. The Labute approximate surface area is 125 Å². The van der Waals surface area contributed by atoms with Crippen LogP contribution in [0.4, 0.5) is 0 Å². The minimum absolute atomic E-state index is 0.175. The zero-order valence-corrected chi connectivity index (χ0v) is 12.4. The summed E-state index contributed by atoms with van der Waals surface area (Å²) in [7, 11) is 0. The van der Waals surface area contributed by atoms with Crippen LogP contribution in [-0.2, 0) is 6.42 Å². The van der Waals surface area contributed by atoms with E-state index in [4.69, 9.17) is 5.11 Å². The van der Waals surface area contributed by atoms with E-state index in [-0.39, 0.29) is 6.61 Å². The molecule has 0 amide bonds. The summed E-state index contributed by atoms with van der Waals surface area (Å²) in [6, 6.07) is 12.2. The lowest BCUT2D eigenvalue weighted by molar-refractivity contribution is 0.288. The predicted octanol–water partition coefficient (Wildman–Crippen LogP) is 3.11. The van der Waals surface area contributed by atoms with Gasteiger partial charge in [-0.3, -0.25) is 0 Å². The molecule has 5 heteroatoms. The molecule has 3 aromatic rings. The van der Waals surface area contributed by atoms with Crippen molar-refractivity contribution < 1.29 is 5.11 Å². The summed E-state index contributed by atoms with van der Waals surface area (Å²) < 4.78 is 2.86. The third kappa shape index (κ3) is 2.46. The van der Waals surface area contributed by atoms with Crippen LogP contribution in [0.15, 0.2) is 47.1 Å². The first kappa shape index (κ1) is 13.3. The standard InChI is InChI=1S/C15H14BrN3O/c16-14-7-8-15(13-6-2-1-5-12(13)14)19-10-11(17-18-19)4-3-9-20/h1-2,5-8,10,20H,3-4,9H2. The molecule has 0 saturated carbocycles. The molecule has 102 valence electrons. The number of aromatic nitrogens is 3. The molecule has 0 atom stereocenters. The zero-order valence-electron chi connectivity index (χ0n) is 10.8. The maximum Gasteiger partial charge on any atom is 0.0832 e. The molecule has 1 N–H and O–H groups in total. The second-order valence-corrected chi connectivity index (χ2v) is 5.45. The molecule has 4 nitrogen and oxygen atoms in total. The number of nitrogens with zero attached hydrogens (tertiary/aromatic N) is 3. The van der Waals surface area contributed by atoms with Gasteiger partial charge in [-0.25, -0.2) is 4.68 Å². The van der Waals surface area contributed by atoms with Crippen molar-refractivity contribution in [3.63, 3.8) is 0 Å². The van der Waals surface area contributed by atoms with E-state index in [2.05, 4.69) is 38.4 Å². The lowest BCUT2D eigenvalue weighted by Crippen LogP contribution is -1.96. The van der Waals surface area contributed by atoms with Gasteiger partial charge in [0, 0.05) is 16.5 Å². The van der Waals surface area contributed by atoms with Crippen LogP contribution < -0.4 is 0 Å². The monoisotopic (exact) mass is 331 g/mol. The minimum atomic E-state index is 0.175. The third-order valence-corrected chi connectivity index (χ3v) is 3.92. The number of hydrogen-bond acceptors (Lipinski definition) is 3. The number of aliphatic hydroxyl groups excluding tert-OH is 1. The highest BCUT2D eigenvalue weighted by molar-refractivity contribution is 9.10. The highest BCUT2D eigenvalue weighted by Gasteiger charge is 2.08. The lowest BCUT2D eigenvalue weighted by atomic mass is 10.1. The second-order valence-electron chi connectivity index (χ2n) is 4.59. The Morgan fingerprint density at radius 3 is 2.70 bits per heavy atom. The SMILES string of the molecule is OCCCc1cn(-c2ccc(Br)c3ccccc23)nn1. The Morgan fingerprint density at radius 2 is 1.90 bits per heavy atom. The molecule has 1 heterocycles. The van der Waals surface area contributed by atoms with Gasteiger partial charge in [0.1, 0.15) is 0 Å². The molecular weight excluding hydrogens is 318 g/mol. The van der Waals surface area contributed by atoms with Crippen LogP contribution >= 0.6 is 15.9 Å². The largest absolute Gasteiger partial charge is 0.396 e. The van der Waals surface area contributed by atoms with Gasteiger partial charge in [0.15, 0.2) is 0 Å². The molecule has 3 rings (SSSR count). The molecular formula is C15H14BrN3O. The maximum absolute atomic E-state index is 8.86. The second kappa shape index (κ2) is 5.73. The molecule has 0 spiro atoms. The first-order chi connectivity index (χ1) is 9.79. The van der Waals surface area contributed by atoms with Crippen LogP contribution in [0.25, 0.3) is 16.5 Å². The molecule has 0 unspecified atom stereocenters. The van der Waals surface area contributed by atoms with E-state index in [1.54, 1.807) is 4.68 Å². The molecule has 1 aromatic heterocycles. The van der Waals surface area contributed by atoms with Gasteiger partial charge in [0.2, 0.25) is 0 Å². The molecule has 0 fully saturated rings. The molecule has 0 saturated heterocycles. The van der Waals surface area contributed by atoms with Crippen LogP contribution in [0.2, 0.25) is 0 Å².